The predicted octanol–water partition coefficient (Wildman–Crippen LogP) is 2.76. The number of phenols is 2. The number of hydrogen-bond donors (Lipinski definition) is 3. The van der Waals surface area contributed by atoms with Crippen LogP contribution in [0.25, 0.3) is 0 Å². The Morgan fingerprint density at radius 3 is 2.68 bits per heavy atom. The highest BCUT2D eigenvalue weighted by Crippen LogP contribution is 2.40. The molecule has 0 atom stereocenters. The summed E-state index contributed by atoms with van der Waals surface area (Å²) in [5.41, 5.74) is 9.34. The van der Waals surface area contributed by atoms with Crippen LogP contribution in [0.1, 0.15) is 12.0 Å². The summed E-state index contributed by atoms with van der Waals surface area (Å²) in [6.45, 7) is 0.853. The van der Waals surface area contributed by atoms with Gasteiger partial charge in [0.1, 0.15) is 11.5 Å². The van der Waals surface area contributed by atoms with Crippen molar-refractivity contribution in [1.82, 2.24) is 0 Å². The fraction of sp³-hybridized carbons (Fsp3) is 0.200. The van der Waals surface area contributed by atoms with Crippen molar-refractivity contribution in [3.8, 4) is 11.5 Å². The summed E-state index contributed by atoms with van der Waals surface area (Å²) >= 11 is 0. The van der Waals surface area contributed by atoms with Gasteiger partial charge in [0.25, 0.3) is 0 Å². The number of phenolic OH excluding ortho intramolecular Hbond substituents is 2. The molecule has 1 aliphatic heterocycles. The first-order valence-electron chi connectivity index (χ1n) is 6.33. The lowest BCUT2D eigenvalue weighted by molar-refractivity contribution is 0.465. The van der Waals surface area contributed by atoms with E-state index in [4.69, 9.17) is 5.73 Å². The minimum absolute atomic E-state index is 0.161. The Morgan fingerprint density at radius 2 is 1.89 bits per heavy atom. The molecule has 98 valence electrons. The Hall–Kier alpha value is -2.36. The van der Waals surface area contributed by atoms with E-state index in [1.165, 1.54) is 0 Å². The molecule has 0 unspecified atom stereocenters. The second-order valence-corrected chi connectivity index (χ2v) is 4.77. The normalized spacial score (nSPS) is 14.2. The van der Waals surface area contributed by atoms with Gasteiger partial charge in [-0.25, -0.2) is 0 Å². The molecule has 0 aromatic heterocycles. The highest BCUT2D eigenvalue weighted by molar-refractivity contribution is 5.78. The van der Waals surface area contributed by atoms with Crippen molar-refractivity contribution < 1.29 is 10.2 Å². The van der Waals surface area contributed by atoms with Crippen LogP contribution in [0.2, 0.25) is 0 Å². The third-order valence-corrected chi connectivity index (χ3v) is 3.53. The summed E-state index contributed by atoms with van der Waals surface area (Å²) in [5.74, 6) is 0.494. The number of hydrogen-bond acceptors (Lipinski definition) is 4. The fourth-order valence-electron chi connectivity index (χ4n) is 2.64. The van der Waals surface area contributed by atoms with Gasteiger partial charge in [-0.15, -0.1) is 0 Å². The average molecular weight is 256 g/mol. The molecule has 0 spiro atoms. The Morgan fingerprint density at radius 1 is 1.05 bits per heavy atom. The van der Waals surface area contributed by atoms with Crippen LogP contribution in [0, 0.1) is 0 Å². The van der Waals surface area contributed by atoms with E-state index in [2.05, 4.69) is 4.90 Å². The summed E-state index contributed by atoms with van der Waals surface area (Å²) in [7, 11) is 0. The van der Waals surface area contributed by atoms with Gasteiger partial charge in [0, 0.05) is 23.9 Å². The largest absolute Gasteiger partial charge is 0.508 e. The minimum atomic E-state index is 0.161. The van der Waals surface area contributed by atoms with E-state index >= 15 is 0 Å². The van der Waals surface area contributed by atoms with Crippen LogP contribution in [-0.4, -0.2) is 16.8 Å². The van der Waals surface area contributed by atoms with Crippen molar-refractivity contribution in [2.45, 2.75) is 12.8 Å². The third-order valence-electron chi connectivity index (χ3n) is 3.53. The minimum Gasteiger partial charge on any atom is -0.508 e. The Labute approximate surface area is 111 Å². The van der Waals surface area contributed by atoms with E-state index in [9.17, 15) is 10.2 Å². The van der Waals surface area contributed by atoms with Gasteiger partial charge in [-0.3, -0.25) is 0 Å². The zero-order valence-corrected chi connectivity index (χ0v) is 10.5. The molecule has 2 aromatic carbocycles. The van der Waals surface area contributed by atoms with E-state index in [1.54, 1.807) is 18.2 Å². The van der Waals surface area contributed by atoms with Gasteiger partial charge in [-0.1, -0.05) is 6.07 Å². The molecule has 19 heavy (non-hydrogen) atoms. The number of anilines is 3. The number of rotatable bonds is 1. The Bertz CT molecular complexity index is 626. The Kier molecular flexibility index (Phi) is 2.71. The van der Waals surface area contributed by atoms with Crippen molar-refractivity contribution in [1.29, 1.82) is 0 Å². The second-order valence-electron chi connectivity index (χ2n) is 4.77. The molecule has 0 aliphatic carbocycles. The molecule has 0 saturated heterocycles. The quantitative estimate of drug-likeness (QED) is 0.686. The van der Waals surface area contributed by atoms with Gasteiger partial charge in [-0.2, -0.15) is 0 Å². The number of nitrogens with zero attached hydrogens (tertiary/aromatic N) is 1. The highest BCUT2D eigenvalue weighted by Gasteiger charge is 2.21. The molecule has 4 nitrogen and oxygen atoms in total. The number of benzene rings is 2. The molecule has 0 amide bonds. The molecule has 0 bridgehead atoms. The zero-order chi connectivity index (χ0) is 13.4. The first-order chi connectivity index (χ1) is 9.16. The molecule has 0 saturated carbocycles. The molecule has 4 N–H and O–H groups in total. The molecule has 3 rings (SSSR count). The lowest BCUT2D eigenvalue weighted by atomic mass is 9.99. The van der Waals surface area contributed by atoms with Gasteiger partial charge in [0.05, 0.1) is 11.4 Å². The van der Waals surface area contributed by atoms with Crippen molar-refractivity contribution in [3.05, 3.63) is 42.0 Å². The van der Waals surface area contributed by atoms with Crippen molar-refractivity contribution in [3.63, 3.8) is 0 Å². The van der Waals surface area contributed by atoms with Gasteiger partial charge < -0.3 is 20.8 Å². The van der Waals surface area contributed by atoms with E-state index < -0.39 is 0 Å². The molecule has 0 fully saturated rings. The van der Waals surface area contributed by atoms with E-state index in [0.717, 1.165) is 36.3 Å². The van der Waals surface area contributed by atoms with Gasteiger partial charge in [0.2, 0.25) is 0 Å². The smallest absolute Gasteiger partial charge is 0.120 e. The van der Waals surface area contributed by atoms with E-state index in [0.29, 0.717) is 11.4 Å². The molecule has 4 heteroatoms. The number of aromatic hydroxyl groups is 2. The maximum Gasteiger partial charge on any atom is 0.120 e. The van der Waals surface area contributed by atoms with Crippen LogP contribution in [0.3, 0.4) is 0 Å². The second kappa shape index (κ2) is 4.39. The van der Waals surface area contributed by atoms with Crippen LogP contribution < -0.4 is 10.6 Å². The van der Waals surface area contributed by atoms with Crippen molar-refractivity contribution in [2.75, 3.05) is 17.2 Å². The highest BCUT2D eigenvalue weighted by atomic mass is 16.3. The molecular weight excluding hydrogens is 240 g/mol. The van der Waals surface area contributed by atoms with Crippen LogP contribution in [0.15, 0.2) is 36.4 Å². The van der Waals surface area contributed by atoms with Crippen molar-refractivity contribution >= 4 is 17.1 Å². The maximum absolute atomic E-state index is 9.94. The first kappa shape index (κ1) is 11.7. The van der Waals surface area contributed by atoms with Gasteiger partial charge in [0.15, 0.2) is 0 Å². The maximum atomic E-state index is 9.94. The Balaban J connectivity index is 2.11. The first-order valence-corrected chi connectivity index (χ1v) is 6.33. The van der Waals surface area contributed by atoms with Crippen LogP contribution in [0.4, 0.5) is 17.1 Å². The average Bonchev–Trinajstić information content (AvgIpc) is 2.39. The lowest BCUT2D eigenvalue weighted by Crippen LogP contribution is -2.25. The molecule has 1 aliphatic rings. The summed E-state index contributed by atoms with van der Waals surface area (Å²) < 4.78 is 0. The number of fused-ring (bicyclic) bond motifs is 1. The molecule has 2 aromatic rings. The lowest BCUT2D eigenvalue weighted by Gasteiger charge is -2.32. The summed E-state index contributed by atoms with van der Waals surface area (Å²) in [6.07, 6.45) is 1.83. The number of nitrogen functional groups attached to an aromatic ring is 1. The van der Waals surface area contributed by atoms with Crippen molar-refractivity contribution in [2.24, 2.45) is 0 Å². The molecule has 0 radical (unpaired) electrons. The molecule has 1 heterocycles. The predicted molar refractivity (Wildman–Crippen MR) is 76.0 cm³/mol. The van der Waals surface area contributed by atoms with Gasteiger partial charge in [-0.05, 0) is 37.1 Å². The van der Waals surface area contributed by atoms with Gasteiger partial charge >= 0.3 is 0 Å². The summed E-state index contributed by atoms with van der Waals surface area (Å²) in [4.78, 5) is 2.09. The molecular formula is C15H16N2O2. The topological polar surface area (TPSA) is 69.7 Å². The summed E-state index contributed by atoms with van der Waals surface area (Å²) in [5, 5.41) is 19.4. The number of nitrogens with two attached hydrogens (primary N) is 1. The van der Waals surface area contributed by atoms with E-state index in [-0.39, 0.29) is 5.75 Å². The third kappa shape index (κ3) is 1.95. The monoisotopic (exact) mass is 256 g/mol. The van der Waals surface area contributed by atoms with Crippen LogP contribution in [-0.2, 0) is 6.42 Å². The van der Waals surface area contributed by atoms with E-state index in [1.807, 2.05) is 18.2 Å². The van der Waals surface area contributed by atoms with Crippen LogP contribution in [0.5, 0.6) is 11.5 Å². The fourth-order valence-corrected chi connectivity index (χ4v) is 2.64. The summed E-state index contributed by atoms with van der Waals surface area (Å²) in [6, 6.07) is 10.5. The SMILES string of the molecule is Nc1cc(O)ccc1N1CCCc2c(O)cccc21. The zero-order valence-electron chi connectivity index (χ0n) is 10.5. The van der Waals surface area contributed by atoms with Crippen LogP contribution >= 0.6 is 0 Å². The standard InChI is InChI=1S/C15H16N2O2/c16-12-9-10(18)6-7-14(12)17-8-2-3-11-13(17)4-1-5-15(11)19/h1,4-7,9,18-19H,2-3,8,16H2.